The van der Waals surface area contributed by atoms with E-state index in [0.29, 0.717) is 55.1 Å². The molecule has 0 amide bonds. The molecule has 0 saturated heterocycles. The Morgan fingerprint density at radius 1 is 0.621 bits per heavy atom. The van der Waals surface area contributed by atoms with Gasteiger partial charge in [0.1, 0.15) is 0 Å². The molecule has 2 aromatic rings. The summed E-state index contributed by atoms with van der Waals surface area (Å²) in [5.41, 5.74) is 2.11. The van der Waals surface area contributed by atoms with Crippen LogP contribution in [-0.4, -0.2) is 50.9 Å². The molecule has 2 aromatic carbocycles. The van der Waals surface area contributed by atoms with E-state index in [1.165, 1.54) is 0 Å². The van der Waals surface area contributed by atoms with Gasteiger partial charge < -0.3 is 29.2 Å². The highest BCUT2D eigenvalue weighted by Crippen LogP contribution is 2.29. The van der Waals surface area contributed by atoms with Crippen LogP contribution < -0.4 is 18.9 Å². The Morgan fingerprint density at radius 3 is 1.34 bits per heavy atom. The maximum absolute atomic E-state index is 10.3. The van der Waals surface area contributed by atoms with Crippen molar-refractivity contribution in [3.05, 3.63) is 47.5 Å². The largest absolute Gasteiger partial charge is 0.493 e. The van der Waals surface area contributed by atoms with Crippen molar-refractivity contribution in [3.63, 3.8) is 0 Å². The average molecular weight is 405 g/mol. The molecule has 0 saturated carbocycles. The van der Waals surface area contributed by atoms with Crippen molar-refractivity contribution in [2.75, 3.05) is 28.4 Å². The van der Waals surface area contributed by atoms with Gasteiger partial charge in [-0.25, -0.2) is 0 Å². The van der Waals surface area contributed by atoms with Gasteiger partial charge in [-0.15, -0.1) is 0 Å². The third-order valence-electron chi connectivity index (χ3n) is 4.97. The summed E-state index contributed by atoms with van der Waals surface area (Å²) in [4.78, 5) is 0. The molecule has 0 bridgehead atoms. The Kier molecular flexibility index (Phi) is 9.09. The summed E-state index contributed by atoms with van der Waals surface area (Å²) in [7, 11) is 6.41. The second kappa shape index (κ2) is 11.5. The van der Waals surface area contributed by atoms with E-state index in [4.69, 9.17) is 18.9 Å². The fraction of sp³-hybridized carbons (Fsp3) is 0.478. The van der Waals surface area contributed by atoms with Crippen LogP contribution >= 0.6 is 0 Å². The molecule has 0 aliphatic heterocycles. The standard InChI is InChI=1S/C23H32O6/c1-26-20-11-7-16(13-22(20)28-3)5-9-18(24)15-19(25)10-6-17-8-12-21(27-2)23(14-17)29-4/h7-8,11-14,18-19,24-25H,5-6,9-10,15H2,1-4H3. The van der Waals surface area contributed by atoms with Gasteiger partial charge in [0.05, 0.1) is 40.6 Å². The first-order valence-electron chi connectivity index (χ1n) is 9.78. The minimum atomic E-state index is -0.566. The van der Waals surface area contributed by atoms with E-state index >= 15 is 0 Å². The second-order valence-electron chi connectivity index (χ2n) is 7.00. The molecule has 2 atom stereocenters. The molecule has 6 heteroatoms. The van der Waals surface area contributed by atoms with Crippen molar-refractivity contribution < 1.29 is 29.2 Å². The number of ether oxygens (including phenoxy) is 4. The monoisotopic (exact) mass is 404 g/mol. The maximum Gasteiger partial charge on any atom is 0.160 e. The molecule has 2 N–H and O–H groups in total. The summed E-state index contributed by atoms with van der Waals surface area (Å²) in [6, 6.07) is 11.5. The van der Waals surface area contributed by atoms with Crippen molar-refractivity contribution in [1.82, 2.24) is 0 Å². The zero-order valence-corrected chi connectivity index (χ0v) is 17.7. The third kappa shape index (κ3) is 6.84. The smallest absolute Gasteiger partial charge is 0.160 e. The lowest BCUT2D eigenvalue weighted by Crippen LogP contribution is -2.19. The molecule has 0 fully saturated rings. The molecule has 0 aromatic heterocycles. The van der Waals surface area contributed by atoms with Gasteiger partial charge in [-0.1, -0.05) is 12.1 Å². The lowest BCUT2D eigenvalue weighted by atomic mass is 9.99. The maximum atomic E-state index is 10.3. The summed E-state index contributed by atoms with van der Waals surface area (Å²) in [5.74, 6) is 2.72. The Balaban J connectivity index is 1.79. The molecular formula is C23H32O6. The van der Waals surface area contributed by atoms with Crippen molar-refractivity contribution in [2.45, 2.75) is 44.3 Å². The zero-order chi connectivity index (χ0) is 21.2. The van der Waals surface area contributed by atoms with Crippen LogP contribution in [0.25, 0.3) is 0 Å². The van der Waals surface area contributed by atoms with Gasteiger partial charge in [0, 0.05) is 0 Å². The number of benzene rings is 2. The van der Waals surface area contributed by atoms with E-state index in [9.17, 15) is 10.2 Å². The van der Waals surface area contributed by atoms with Crippen LogP contribution in [-0.2, 0) is 12.8 Å². The molecular weight excluding hydrogens is 372 g/mol. The van der Waals surface area contributed by atoms with Gasteiger partial charge in [-0.05, 0) is 67.5 Å². The summed E-state index contributed by atoms with van der Waals surface area (Å²) in [5, 5.41) is 20.6. The predicted octanol–water partition coefficient (Wildman–Crippen LogP) is 3.40. The summed E-state index contributed by atoms with van der Waals surface area (Å²) in [6.45, 7) is 0. The highest BCUT2D eigenvalue weighted by Gasteiger charge is 2.14. The van der Waals surface area contributed by atoms with Crippen molar-refractivity contribution in [2.24, 2.45) is 0 Å². The van der Waals surface area contributed by atoms with Gasteiger partial charge in [0.25, 0.3) is 0 Å². The molecule has 0 heterocycles. The highest BCUT2D eigenvalue weighted by molar-refractivity contribution is 5.43. The number of hydrogen-bond acceptors (Lipinski definition) is 6. The number of rotatable bonds is 12. The van der Waals surface area contributed by atoms with Gasteiger partial charge in [-0.2, -0.15) is 0 Å². The predicted molar refractivity (Wildman–Crippen MR) is 112 cm³/mol. The lowest BCUT2D eigenvalue weighted by Gasteiger charge is -2.17. The first-order valence-corrected chi connectivity index (χ1v) is 9.78. The summed E-state index contributed by atoms with van der Waals surface area (Å²) >= 11 is 0. The minimum Gasteiger partial charge on any atom is -0.493 e. The SMILES string of the molecule is COc1ccc(CCC(O)CC(O)CCc2ccc(OC)c(OC)c2)cc1OC. The van der Waals surface area contributed by atoms with Gasteiger partial charge in [-0.3, -0.25) is 0 Å². The van der Waals surface area contributed by atoms with E-state index in [1.807, 2.05) is 36.4 Å². The van der Waals surface area contributed by atoms with E-state index in [-0.39, 0.29) is 0 Å². The number of methoxy groups -OCH3 is 4. The molecule has 0 spiro atoms. The third-order valence-corrected chi connectivity index (χ3v) is 4.97. The number of aliphatic hydroxyl groups excluding tert-OH is 2. The van der Waals surface area contributed by atoms with Crippen LogP contribution in [0.1, 0.15) is 30.4 Å². The van der Waals surface area contributed by atoms with Crippen LogP contribution in [0.5, 0.6) is 23.0 Å². The molecule has 29 heavy (non-hydrogen) atoms. The van der Waals surface area contributed by atoms with Crippen LogP contribution in [0.15, 0.2) is 36.4 Å². The Morgan fingerprint density at radius 2 is 1.00 bits per heavy atom. The zero-order valence-electron chi connectivity index (χ0n) is 17.7. The van der Waals surface area contributed by atoms with Crippen molar-refractivity contribution in [3.8, 4) is 23.0 Å². The lowest BCUT2D eigenvalue weighted by molar-refractivity contribution is 0.0714. The second-order valence-corrected chi connectivity index (χ2v) is 7.00. The Bertz CT molecular complexity index is 698. The molecule has 160 valence electrons. The normalized spacial score (nSPS) is 12.9. The van der Waals surface area contributed by atoms with Crippen LogP contribution in [0.2, 0.25) is 0 Å². The quantitative estimate of drug-likeness (QED) is 0.565. The molecule has 0 radical (unpaired) electrons. The molecule has 2 rings (SSSR count). The van der Waals surface area contributed by atoms with Crippen molar-refractivity contribution >= 4 is 0 Å². The van der Waals surface area contributed by atoms with Gasteiger partial charge >= 0.3 is 0 Å². The fourth-order valence-corrected chi connectivity index (χ4v) is 3.29. The molecule has 6 nitrogen and oxygen atoms in total. The first-order chi connectivity index (χ1) is 14.0. The van der Waals surface area contributed by atoms with Gasteiger partial charge in [0.15, 0.2) is 23.0 Å². The fourth-order valence-electron chi connectivity index (χ4n) is 3.29. The van der Waals surface area contributed by atoms with Crippen LogP contribution in [0.3, 0.4) is 0 Å². The van der Waals surface area contributed by atoms with Gasteiger partial charge in [0.2, 0.25) is 0 Å². The summed E-state index contributed by atoms with van der Waals surface area (Å²) < 4.78 is 21.1. The number of aliphatic hydroxyl groups is 2. The molecule has 0 aliphatic rings. The number of aryl methyl sites for hydroxylation is 2. The van der Waals surface area contributed by atoms with Crippen LogP contribution in [0.4, 0.5) is 0 Å². The number of hydrogen-bond donors (Lipinski definition) is 2. The van der Waals surface area contributed by atoms with Crippen molar-refractivity contribution in [1.29, 1.82) is 0 Å². The Labute approximate surface area is 173 Å². The van der Waals surface area contributed by atoms with E-state index in [1.54, 1.807) is 28.4 Å². The topological polar surface area (TPSA) is 77.4 Å². The summed E-state index contributed by atoms with van der Waals surface area (Å²) in [6.07, 6.45) is 1.76. The first kappa shape index (κ1) is 22.8. The van der Waals surface area contributed by atoms with E-state index in [2.05, 4.69) is 0 Å². The molecule has 0 aliphatic carbocycles. The highest BCUT2D eigenvalue weighted by atomic mass is 16.5. The van der Waals surface area contributed by atoms with Crippen LogP contribution in [0, 0.1) is 0 Å². The molecule has 2 unspecified atom stereocenters. The van der Waals surface area contributed by atoms with E-state index in [0.717, 1.165) is 11.1 Å². The Hall–Kier alpha value is -2.44. The average Bonchev–Trinajstić information content (AvgIpc) is 2.75. The minimum absolute atomic E-state index is 0.348. The van der Waals surface area contributed by atoms with E-state index < -0.39 is 12.2 Å².